The Balaban J connectivity index is 2.75. The Morgan fingerprint density at radius 1 is 1.53 bits per heavy atom. The first-order valence-corrected chi connectivity index (χ1v) is 4.69. The molecule has 0 aromatic carbocycles. The van der Waals surface area contributed by atoms with E-state index in [1.54, 1.807) is 12.3 Å². The highest BCUT2D eigenvalue weighted by atomic mass is 16.1. The second-order valence-electron chi connectivity index (χ2n) is 3.36. The van der Waals surface area contributed by atoms with E-state index in [1.165, 1.54) is 0 Å². The molecule has 0 aliphatic carbocycles. The van der Waals surface area contributed by atoms with E-state index in [9.17, 15) is 4.79 Å². The molecule has 5 heteroatoms. The molecule has 2 heterocycles. The molecule has 0 radical (unpaired) electrons. The molecule has 0 bridgehead atoms. The summed E-state index contributed by atoms with van der Waals surface area (Å²) in [6.45, 7) is 3.70. The summed E-state index contributed by atoms with van der Waals surface area (Å²) in [5.41, 5.74) is 7.29. The molecule has 2 aromatic rings. The monoisotopic (exact) mass is 204 g/mol. The average Bonchev–Trinajstić information content (AvgIpc) is 2.56. The minimum atomic E-state index is -0.143. The van der Waals surface area contributed by atoms with Gasteiger partial charge in [0.1, 0.15) is 17.2 Å². The van der Waals surface area contributed by atoms with Gasteiger partial charge in [-0.1, -0.05) is 0 Å². The smallest absolute Gasteiger partial charge is 0.196 e. The number of hydrogen-bond donors (Lipinski definition) is 1. The van der Waals surface area contributed by atoms with Gasteiger partial charge in [-0.25, -0.2) is 9.97 Å². The van der Waals surface area contributed by atoms with E-state index in [-0.39, 0.29) is 12.3 Å². The van der Waals surface area contributed by atoms with E-state index in [2.05, 4.69) is 9.97 Å². The van der Waals surface area contributed by atoms with Crippen molar-refractivity contribution in [3.8, 4) is 0 Å². The Morgan fingerprint density at radius 2 is 2.27 bits per heavy atom. The van der Waals surface area contributed by atoms with Crippen LogP contribution in [0, 0.1) is 13.8 Å². The minimum absolute atomic E-state index is 0.0167. The van der Waals surface area contributed by atoms with Crippen molar-refractivity contribution in [3.05, 3.63) is 29.5 Å². The van der Waals surface area contributed by atoms with Crippen molar-refractivity contribution < 1.29 is 4.79 Å². The predicted molar refractivity (Wildman–Crippen MR) is 55.8 cm³/mol. The van der Waals surface area contributed by atoms with Crippen LogP contribution < -0.4 is 5.73 Å². The Kier molecular flexibility index (Phi) is 2.24. The fraction of sp³-hybridized carbons (Fsp3) is 0.300. The third-order valence-electron chi connectivity index (χ3n) is 2.39. The first-order valence-electron chi connectivity index (χ1n) is 4.69. The second-order valence-corrected chi connectivity index (χ2v) is 3.36. The summed E-state index contributed by atoms with van der Waals surface area (Å²) in [5, 5.41) is 0. The summed E-state index contributed by atoms with van der Waals surface area (Å²) in [7, 11) is 0. The molecule has 5 nitrogen and oxygen atoms in total. The molecule has 0 saturated heterocycles. The summed E-state index contributed by atoms with van der Waals surface area (Å²) in [6, 6.07) is 1.77. The van der Waals surface area contributed by atoms with Gasteiger partial charge in [-0.05, 0) is 19.9 Å². The first-order chi connectivity index (χ1) is 7.15. The maximum absolute atomic E-state index is 11.5. The van der Waals surface area contributed by atoms with Crippen molar-refractivity contribution in [2.45, 2.75) is 13.8 Å². The van der Waals surface area contributed by atoms with Crippen LogP contribution in [0.5, 0.6) is 0 Å². The largest absolute Gasteiger partial charge is 0.324 e. The third-order valence-corrected chi connectivity index (χ3v) is 2.39. The van der Waals surface area contributed by atoms with Crippen molar-refractivity contribution in [1.29, 1.82) is 0 Å². The third kappa shape index (κ3) is 1.41. The van der Waals surface area contributed by atoms with Crippen LogP contribution >= 0.6 is 0 Å². The number of ketones is 1. The van der Waals surface area contributed by atoms with Gasteiger partial charge in [0.15, 0.2) is 5.78 Å². The summed E-state index contributed by atoms with van der Waals surface area (Å²) in [6.07, 6.45) is 1.67. The van der Waals surface area contributed by atoms with Crippen molar-refractivity contribution >= 4 is 11.4 Å². The average molecular weight is 204 g/mol. The van der Waals surface area contributed by atoms with E-state index in [1.807, 2.05) is 18.2 Å². The summed E-state index contributed by atoms with van der Waals surface area (Å²) in [5.74, 6) is 0.671. The number of carbonyl (C=O) groups excluding carboxylic acids is 1. The van der Waals surface area contributed by atoms with E-state index in [4.69, 9.17) is 5.73 Å². The Morgan fingerprint density at radius 3 is 2.87 bits per heavy atom. The van der Waals surface area contributed by atoms with Gasteiger partial charge in [-0.15, -0.1) is 0 Å². The van der Waals surface area contributed by atoms with Gasteiger partial charge < -0.3 is 5.73 Å². The van der Waals surface area contributed by atoms with Gasteiger partial charge in [-0.2, -0.15) is 0 Å². The normalized spacial score (nSPS) is 10.9. The lowest BCUT2D eigenvalue weighted by atomic mass is 10.2. The lowest BCUT2D eigenvalue weighted by molar-refractivity contribution is 0.0996. The number of fused-ring (bicyclic) bond motifs is 1. The van der Waals surface area contributed by atoms with Gasteiger partial charge in [-0.3, -0.25) is 9.20 Å². The predicted octanol–water partition coefficient (Wildman–Crippen LogP) is 0.488. The number of hydrogen-bond acceptors (Lipinski definition) is 4. The van der Waals surface area contributed by atoms with Crippen molar-refractivity contribution in [2.24, 2.45) is 5.73 Å². The molecule has 0 spiro atoms. The van der Waals surface area contributed by atoms with Crippen LogP contribution in [-0.2, 0) is 0 Å². The van der Waals surface area contributed by atoms with Crippen molar-refractivity contribution in [3.63, 3.8) is 0 Å². The molecule has 0 fully saturated rings. The lowest BCUT2D eigenvalue weighted by Crippen LogP contribution is -2.15. The fourth-order valence-corrected chi connectivity index (χ4v) is 1.67. The number of Topliss-reactive ketones (excluding diaryl/α,β-unsaturated/α-hetero) is 1. The van der Waals surface area contributed by atoms with Crippen LogP contribution in [0.2, 0.25) is 0 Å². The number of carbonyl (C=O) groups is 1. The number of nitrogens with two attached hydrogens (primary N) is 1. The molecule has 0 atom stereocenters. The Hall–Kier alpha value is -1.75. The van der Waals surface area contributed by atoms with Crippen LogP contribution in [0.25, 0.3) is 5.65 Å². The van der Waals surface area contributed by atoms with Crippen LogP contribution in [0.4, 0.5) is 0 Å². The second kappa shape index (κ2) is 3.43. The number of aryl methyl sites for hydroxylation is 2. The maximum atomic E-state index is 11.5. The van der Waals surface area contributed by atoms with Crippen LogP contribution in [-0.4, -0.2) is 26.7 Å². The molecule has 0 aliphatic rings. The van der Waals surface area contributed by atoms with Gasteiger partial charge >= 0.3 is 0 Å². The molecule has 15 heavy (non-hydrogen) atoms. The van der Waals surface area contributed by atoms with Gasteiger partial charge in [0.2, 0.25) is 0 Å². The molecule has 0 amide bonds. The Bertz CT molecular complexity index is 529. The molecule has 0 saturated carbocycles. The standard InChI is InChI=1S/C10H12N4O/c1-6-10(8(15)5-11)13-9-3-4-12-7(2)14(6)9/h3-4H,5,11H2,1-2H3. The maximum Gasteiger partial charge on any atom is 0.196 e. The zero-order chi connectivity index (χ0) is 11.0. The quantitative estimate of drug-likeness (QED) is 0.722. The summed E-state index contributed by atoms with van der Waals surface area (Å²) < 4.78 is 1.85. The van der Waals surface area contributed by atoms with Gasteiger partial charge in [0, 0.05) is 6.20 Å². The SMILES string of the molecule is Cc1nccc2nc(C(=O)CN)c(C)n12. The molecule has 2 aromatic heterocycles. The van der Waals surface area contributed by atoms with E-state index >= 15 is 0 Å². The number of nitrogens with zero attached hydrogens (tertiary/aromatic N) is 3. The molecular formula is C10H12N4O. The molecule has 2 rings (SSSR count). The highest BCUT2D eigenvalue weighted by molar-refractivity contribution is 5.97. The molecular weight excluding hydrogens is 192 g/mol. The van der Waals surface area contributed by atoms with E-state index in [0.29, 0.717) is 5.69 Å². The first kappa shape index (κ1) is 9.79. The molecule has 0 aliphatic heterocycles. The van der Waals surface area contributed by atoms with Crippen molar-refractivity contribution in [2.75, 3.05) is 6.54 Å². The fourth-order valence-electron chi connectivity index (χ4n) is 1.67. The highest BCUT2D eigenvalue weighted by Crippen LogP contribution is 2.12. The van der Waals surface area contributed by atoms with Crippen LogP contribution in [0.15, 0.2) is 12.3 Å². The number of imidazole rings is 1. The minimum Gasteiger partial charge on any atom is -0.324 e. The molecule has 2 N–H and O–H groups in total. The topological polar surface area (TPSA) is 73.3 Å². The van der Waals surface area contributed by atoms with Crippen LogP contribution in [0.3, 0.4) is 0 Å². The van der Waals surface area contributed by atoms with Gasteiger partial charge in [0.05, 0.1) is 12.2 Å². The summed E-state index contributed by atoms with van der Waals surface area (Å²) in [4.78, 5) is 19.9. The van der Waals surface area contributed by atoms with E-state index in [0.717, 1.165) is 17.2 Å². The lowest BCUT2D eigenvalue weighted by Gasteiger charge is -1.99. The van der Waals surface area contributed by atoms with Crippen molar-refractivity contribution in [1.82, 2.24) is 14.4 Å². The number of aromatic nitrogens is 3. The Labute approximate surface area is 87.0 Å². The summed E-state index contributed by atoms with van der Waals surface area (Å²) >= 11 is 0. The zero-order valence-electron chi connectivity index (χ0n) is 8.69. The van der Waals surface area contributed by atoms with E-state index < -0.39 is 0 Å². The zero-order valence-corrected chi connectivity index (χ0v) is 8.69. The molecule has 0 unspecified atom stereocenters. The van der Waals surface area contributed by atoms with Gasteiger partial charge in [0.25, 0.3) is 0 Å². The number of rotatable bonds is 2. The van der Waals surface area contributed by atoms with Crippen LogP contribution in [0.1, 0.15) is 22.0 Å². The molecule has 78 valence electrons. The highest BCUT2D eigenvalue weighted by Gasteiger charge is 2.15.